The van der Waals surface area contributed by atoms with Crippen LogP contribution in [-0.2, 0) is 5.41 Å². The quantitative estimate of drug-likeness (QED) is 0.252. The van der Waals surface area contributed by atoms with Crippen molar-refractivity contribution in [2.45, 2.75) is 32.6 Å². The van der Waals surface area contributed by atoms with Gasteiger partial charge in [0.1, 0.15) is 5.75 Å². The van der Waals surface area contributed by atoms with Crippen LogP contribution < -0.4 is 24.3 Å². The third-order valence-electron chi connectivity index (χ3n) is 6.17. The summed E-state index contributed by atoms with van der Waals surface area (Å²) in [5.41, 5.74) is 3.85. The van der Waals surface area contributed by atoms with Gasteiger partial charge < -0.3 is 14.2 Å². The molecule has 0 atom stereocenters. The molecule has 0 saturated carbocycles. The van der Waals surface area contributed by atoms with E-state index >= 15 is 0 Å². The predicted octanol–water partition coefficient (Wildman–Crippen LogP) is 5.61. The second-order valence-corrected chi connectivity index (χ2v) is 10.9. The molecule has 5 rings (SSSR count). The fourth-order valence-corrected chi connectivity index (χ4v) is 5.13. The maximum absolute atomic E-state index is 13.0. The zero-order valence-corrected chi connectivity index (χ0v) is 22.3. The van der Waals surface area contributed by atoms with Gasteiger partial charge in [0, 0.05) is 6.42 Å². The van der Waals surface area contributed by atoms with E-state index in [2.05, 4.69) is 37.9 Å². The van der Waals surface area contributed by atoms with E-state index in [0.29, 0.717) is 34.2 Å². The molecule has 0 fully saturated rings. The summed E-state index contributed by atoms with van der Waals surface area (Å²) in [6.45, 7) is 7.65. The Bertz CT molecular complexity index is 1650. The molecule has 37 heavy (non-hydrogen) atoms. The summed E-state index contributed by atoms with van der Waals surface area (Å²) in [5.74, 6) is 2.13. The third-order valence-corrected chi connectivity index (χ3v) is 7.13. The maximum atomic E-state index is 13.0. The van der Waals surface area contributed by atoms with Crippen molar-refractivity contribution in [3.8, 4) is 17.2 Å². The summed E-state index contributed by atoms with van der Waals surface area (Å²) < 4.78 is 19.7. The van der Waals surface area contributed by atoms with Crippen LogP contribution in [0.1, 0.15) is 38.3 Å². The highest BCUT2D eigenvalue weighted by molar-refractivity contribution is 7.15. The largest absolute Gasteiger partial charge is 0.493 e. The predicted molar refractivity (Wildman–Crippen MR) is 149 cm³/mol. The number of rotatable bonds is 8. The molecule has 0 saturated heterocycles. The van der Waals surface area contributed by atoms with E-state index in [1.807, 2.05) is 60.7 Å². The summed E-state index contributed by atoms with van der Waals surface area (Å²) in [6.07, 6.45) is 2.60. The standard InChI is InChI=1S/C30H30N2O4S/c1-30(2,3)21-11-13-22(14-12-21)35-16-7-17-36-25-15-10-20(18-26(25)34-4)19-27-28(33)32-24-9-6-5-8-23(24)31-29(32)37-27/h5-6,8-15,18-19H,7,16-17H2,1-4H3. The highest BCUT2D eigenvalue weighted by atomic mass is 32.1. The van der Waals surface area contributed by atoms with Gasteiger partial charge in [-0.1, -0.05) is 62.4 Å². The first-order valence-corrected chi connectivity index (χ1v) is 13.1. The molecule has 0 spiro atoms. The fourth-order valence-electron chi connectivity index (χ4n) is 4.14. The second-order valence-electron chi connectivity index (χ2n) is 9.87. The molecule has 0 radical (unpaired) electrons. The number of fused-ring (bicyclic) bond motifs is 3. The molecule has 5 aromatic rings. The van der Waals surface area contributed by atoms with Gasteiger partial charge >= 0.3 is 0 Å². The van der Waals surface area contributed by atoms with Crippen molar-refractivity contribution in [3.05, 3.63) is 92.7 Å². The lowest BCUT2D eigenvalue weighted by atomic mass is 9.87. The van der Waals surface area contributed by atoms with Gasteiger partial charge in [-0.15, -0.1) is 0 Å². The zero-order chi connectivity index (χ0) is 26.0. The number of nitrogens with zero attached hydrogens (tertiary/aromatic N) is 2. The summed E-state index contributed by atoms with van der Waals surface area (Å²) in [4.78, 5) is 18.3. The van der Waals surface area contributed by atoms with Gasteiger partial charge in [-0.05, 0) is 59.0 Å². The number of imidazole rings is 1. The number of hydrogen-bond acceptors (Lipinski definition) is 6. The van der Waals surface area contributed by atoms with Crippen molar-refractivity contribution in [3.63, 3.8) is 0 Å². The van der Waals surface area contributed by atoms with Gasteiger partial charge in [-0.25, -0.2) is 9.38 Å². The molecule has 7 heteroatoms. The lowest BCUT2D eigenvalue weighted by molar-refractivity contribution is 0.240. The molecule has 0 unspecified atom stereocenters. The highest BCUT2D eigenvalue weighted by Crippen LogP contribution is 2.29. The molecule has 190 valence electrons. The SMILES string of the molecule is COc1cc(C=c2sc3nc4ccccc4n3c2=O)ccc1OCCCOc1ccc(C(C)(C)C)cc1. The Morgan fingerprint density at radius 3 is 2.46 bits per heavy atom. The number of ether oxygens (including phenoxy) is 3. The normalized spacial score (nSPS) is 12.4. The third kappa shape index (κ3) is 5.32. The number of para-hydroxylation sites is 2. The Balaban J connectivity index is 1.22. The van der Waals surface area contributed by atoms with Crippen LogP contribution in [-0.4, -0.2) is 29.7 Å². The minimum Gasteiger partial charge on any atom is -0.493 e. The zero-order valence-electron chi connectivity index (χ0n) is 21.5. The second kappa shape index (κ2) is 10.3. The summed E-state index contributed by atoms with van der Waals surface area (Å²) in [5, 5.41) is 0. The Labute approximate surface area is 219 Å². The molecule has 2 heterocycles. The molecule has 3 aromatic carbocycles. The average molecular weight is 515 g/mol. The monoisotopic (exact) mass is 514 g/mol. The Morgan fingerprint density at radius 1 is 0.946 bits per heavy atom. The Hall–Kier alpha value is -3.84. The fraction of sp³-hybridized carbons (Fsp3) is 0.267. The number of thiazole rings is 1. The van der Waals surface area contributed by atoms with Gasteiger partial charge in [0.15, 0.2) is 16.5 Å². The number of methoxy groups -OCH3 is 1. The van der Waals surface area contributed by atoms with Gasteiger partial charge in [-0.3, -0.25) is 4.79 Å². The van der Waals surface area contributed by atoms with E-state index in [1.165, 1.54) is 16.9 Å². The molecular weight excluding hydrogens is 484 g/mol. The summed E-state index contributed by atoms with van der Waals surface area (Å²) in [7, 11) is 1.61. The lowest BCUT2D eigenvalue weighted by Gasteiger charge is -2.19. The molecule has 0 bridgehead atoms. The van der Waals surface area contributed by atoms with Crippen LogP contribution >= 0.6 is 11.3 Å². The molecule has 0 aliphatic heterocycles. The minimum atomic E-state index is -0.0685. The van der Waals surface area contributed by atoms with Crippen molar-refractivity contribution in [2.24, 2.45) is 0 Å². The van der Waals surface area contributed by atoms with Crippen LogP contribution in [0.5, 0.6) is 17.2 Å². The number of hydrogen-bond donors (Lipinski definition) is 0. The Morgan fingerprint density at radius 2 is 1.70 bits per heavy atom. The van der Waals surface area contributed by atoms with E-state index in [0.717, 1.165) is 28.8 Å². The van der Waals surface area contributed by atoms with E-state index < -0.39 is 0 Å². The van der Waals surface area contributed by atoms with Crippen molar-refractivity contribution in [1.29, 1.82) is 0 Å². The molecule has 0 aliphatic carbocycles. The lowest BCUT2D eigenvalue weighted by Crippen LogP contribution is -2.22. The van der Waals surface area contributed by atoms with Gasteiger partial charge in [-0.2, -0.15) is 0 Å². The highest BCUT2D eigenvalue weighted by Gasteiger charge is 2.13. The Kier molecular flexibility index (Phi) is 6.89. The molecule has 6 nitrogen and oxygen atoms in total. The van der Waals surface area contributed by atoms with Gasteiger partial charge in [0.25, 0.3) is 5.56 Å². The van der Waals surface area contributed by atoms with Crippen LogP contribution in [0.15, 0.2) is 71.5 Å². The first kappa shape index (κ1) is 24.8. The summed E-state index contributed by atoms with van der Waals surface area (Å²) in [6, 6.07) is 21.6. The molecule has 0 aliphatic rings. The van der Waals surface area contributed by atoms with Crippen LogP contribution in [0.2, 0.25) is 0 Å². The van der Waals surface area contributed by atoms with E-state index in [9.17, 15) is 4.79 Å². The topological polar surface area (TPSA) is 62.1 Å². The first-order chi connectivity index (χ1) is 17.8. The molecule has 2 aromatic heterocycles. The van der Waals surface area contributed by atoms with Crippen molar-refractivity contribution in [2.75, 3.05) is 20.3 Å². The van der Waals surface area contributed by atoms with Crippen molar-refractivity contribution < 1.29 is 14.2 Å². The minimum absolute atomic E-state index is 0.0685. The molecular formula is C30H30N2O4S. The molecule has 0 amide bonds. The smallest absolute Gasteiger partial charge is 0.274 e. The van der Waals surface area contributed by atoms with E-state index in [4.69, 9.17) is 14.2 Å². The van der Waals surface area contributed by atoms with Crippen LogP contribution in [0.25, 0.3) is 22.1 Å². The van der Waals surface area contributed by atoms with Gasteiger partial charge in [0.2, 0.25) is 0 Å². The maximum Gasteiger partial charge on any atom is 0.274 e. The van der Waals surface area contributed by atoms with Crippen molar-refractivity contribution in [1.82, 2.24) is 9.38 Å². The van der Waals surface area contributed by atoms with Crippen LogP contribution in [0.3, 0.4) is 0 Å². The van der Waals surface area contributed by atoms with Crippen LogP contribution in [0, 0.1) is 0 Å². The summed E-state index contributed by atoms with van der Waals surface area (Å²) >= 11 is 1.38. The number of aromatic nitrogens is 2. The van der Waals surface area contributed by atoms with E-state index in [1.54, 1.807) is 11.5 Å². The first-order valence-electron chi connectivity index (χ1n) is 12.3. The average Bonchev–Trinajstić information content (AvgIpc) is 3.40. The molecule has 0 N–H and O–H groups in total. The van der Waals surface area contributed by atoms with Gasteiger partial charge in [0.05, 0.1) is 35.9 Å². The number of benzene rings is 3. The van der Waals surface area contributed by atoms with Crippen molar-refractivity contribution >= 4 is 33.4 Å². The van der Waals surface area contributed by atoms with E-state index in [-0.39, 0.29) is 11.0 Å². The van der Waals surface area contributed by atoms with Crippen LogP contribution in [0.4, 0.5) is 0 Å².